The first-order chi connectivity index (χ1) is 29.8. The van der Waals surface area contributed by atoms with Crippen molar-refractivity contribution >= 4 is 19.7 Å². The van der Waals surface area contributed by atoms with E-state index in [4.69, 9.17) is 13.8 Å². The zero-order valence-corrected chi connectivity index (χ0v) is 40.0. The van der Waals surface area contributed by atoms with E-state index in [-0.39, 0.29) is 32.1 Å². The van der Waals surface area contributed by atoms with Crippen LogP contribution in [0.3, 0.4) is 0 Å². The Morgan fingerprint density at radius 2 is 0.902 bits per heavy atom. The SMILES string of the molecule is CCCCC/C=C\C/C=C\C/C=C\C/C=C\CCCC(=O)OCC(O)COP(=O)(O)OCCNC(=O)CCCCCCCCCCCCCCC/C=C/CCCCCCCC. The van der Waals surface area contributed by atoms with Gasteiger partial charge in [0, 0.05) is 19.4 Å². The summed E-state index contributed by atoms with van der Waals surface area (Å²) in [5, 5.41) is 12.7. The molecule has 10 heteroatoms. The Morgan fingerprint density at radius 3 is 1.41 bits per heavy atom. The third-order valence-corrected chi connectivity index (χ3v) is 11.4. The zero-order chi connectivity index (χ0) is 44.6. The van der Waals surface area contributed by atoms with Gasteiger partial charge in [0.1, 0.15) is 12.7 Å². The van der Waals surface area contributed by atoms with Crippen LogP contribution >= 0.6 is 7.82 Å². The van der Waals surface area contributed by atoms with Gasteiger partial charge in [-0.1, -0.05) is 190 Å². The Hall–Kier alpha value is -2.29. The molecule has 1 amide bonds. The molecule has 0 aromatic rings. The number of carbonyl (C=O) groups is 2. The first-order valence-corrected chi connectivity index (χ1v) is 26.3. The van der Waals surface area contributed by atoms with E-state index in [9.17, 15) is 24.2 Å². The predicted octanol–water partition coefficient (Wildman–Crippen LogP) is 14.4. The summed E-state index contributed by atoms with van der Waals surface area (Å²) in [5.41, 5.74) is 0. The van der Waals surface area contributed by atoms with Gasteiger partial charge < -0.3 is 20.1 Å². The maximum absolute atomic E-state index is 12.1. The van der Waals surface area contributed by atoms with Crippen LogP contribution in [0.5, 0.6) is 0 Å². The summed E-state index contributed by atoms with van der Waals surface area (Å²) in [5.74, 6) is -0.572. The molecule has 0 heterocycles. The van der Waals surface area contributed by atoms with Crippen molar-refractivity contribution in [3.8, 4) is 0 Å². The summed E-state index contributed by atoms with van der Waals surface area (Å²) >= 11 is 0. The number of phosphoric acid groups is 1. The van der Waals surface area contributed by atoms with Crippen molar-refractivity contribution in [2.45, 2.75) is 225 Å². The number of hydrogen-bond acceptors (Lipinski definition) is 7. The molecule has 0 bridgehead atoms. The highest BCUT2D eigenvalue weighted by atomic mass is 31.2. The van der Waals surface area contributed by atoms with Gasteiger partial charge in [0.2, 0.25) is 5.91 Å². The van der Waals surface area contributed by atoms with Crippen LogP contribution in [-0.2, 0) is 27.9 Å². The lowest BCUT2D eigenvalue weighted by molar-refractivity contribution is -0.147. The number of esters is 1. The minimum absolute atomic E-state index is 0.0741. The van der Waals surface area contributed by atoms with Gasteiger partial charge in [-0.15, -0.1) is 0 Å². The van der Waals surface area contributed by atoms with Crippen LogP contribution in [0.25, 0.3) is 0 Å². The fourth-order valence-electron chi connectivity index (χ4n) is 6.66. The van der Waals surface area contributed by atoms with E-state index in [0.29, 0.717) is 12.8 Å². The molecule has 354 valence electrons. The van der Waals surface area contributed by atoms with Gasteiger partial charge in [-0.25, -0.2) is 4.57 Å². The predicted molar refractivity (Wildman–Crippen MR) is 256 cm³/mol. The Kier molecular flexibility index (Phi) is 45.4. The van der Waals surface area contributed by atoms with Gasteiger partial charge in [-0.3, -0.25) is 18.6 Å². The van der Waals surface area contributed by atoms with Crippen molar-refractivity contribution in [1.29, 1.82) is 0 Å². The number of nitrogens with one attached hydrogen (secondary N) is 1. The molecule has 2 atom stereocenters. The number of aliphatic hydroxyl groups excluding tert-OH is 1. The Labute approximate surface area is 374 Å². The monoisotopic (exact) mass is 878 g/mol. The van der Waals surface area contributed by atoms with Crippen LogP contribution in [0.15, 0.2) is 60.8 Å². The molecule has 0 radical (unpaired) electrons. The lowest BCUT2D eigenvalue weighted by atomic mass is 10.0. The molecule has 9 nitrogen and oxygen atoms in total. The van der Waals surface area contributed by atoms with Gasteiger partial charge in [-0.05, 0) is 77.0 Å². The zero-order valence-electron chi connectivity index (χ0n) is 39.1. The minimum Gasteiger partial charge on any atom is -0.463 e. The van der Waals surface area contributed by atoms with E-state index in [1.54, 1.807) is 0 Å². The van der Waals surface area contributed by atoms with E-state index < -0.39 is 26.5 Å². The average molecular weight is 878 g/mol. The first-order valence-electron chi connectivity index (χ1n) is 24.8. The van der Waals surface area contributed by atoms with Crippen LogP contribution in [0.4, 0.5) is 0 Å². The molecule has 0 fully saturated rings. The van der Waals surface area contributed by atoms with Gasteiger partial charge in [-0.2, -0.15) is 0 Å². The second kappa shape index (κ2) is 47.2. The second-order valence-corrected chi connectivity index (χ2v) is 17.9. The number of ether oxygens (including phenoxy) is 1. The molecule has 0 aromatic heterocycles. The van der Waals surface area contributed by atoms with E-state index >= 15 is 0 Å². The van der Waals surface area contributed by atoms with Crippen LogP contribution in [0.2, 0.25) is 0 Å². The fourth-order valence-corrected chi connectivity index (χ4v) is 7.42. The lowest BCUT2D eigenvalue weighted by Gasteiger charge is -2.15. The molecular formula is C51H92NO8P. The highest BCUT2D eigenvalue weighted by molar-refractivity contribution is 7.47. The largest absolute Gasteiger partial charge is 0.472 e. The molecular weight excluding hydrogens is 786 g/mol. The van der Waals surface area contributed by atoms with Gasteiger partial charge in [0.15, 0.2) is 0 Å². The van der Waals surface area contributed by atoms with Crippen molar-refractivity contribution in [2.24, 2.45) is 0 Å². The van der Waals surface area contributed by atoms with E-state index in [1.807, 2.05) is 6.08 Å². The van der Waals surface area contributed by atoms with E-state index in [2.05, 4.69) is 73.8 Å². The summed E-state index contributed by atoms with van der Waals surface area (Å²) < 4.78 is 26.9. The third kappa shape index (κ3) is 48.6. The summed E-state index contributed by atoms with van der Waals surface area (Å²) in [4.78, 5) is 34.0. The molecule has 0 rings (SSSR count). The number of allylic oxidation sites excluding steroid dienone is 10. The number of hydrogen-bond donors (Lipinski definition) is 3. The van der Waals surface area contributed by atoms with Crippen molar-refractivity contribution in [3.05, 3.63) is 60.8 Å². The number of unbranched alkanes of at least 4 members (excludes halogenated alkanes) is 23. The normalized spacial score (nSPS) is 13.7. The quantitative estimate of drug-likeness (QED) is 0.0238. The van der Waals surface area contributed by atoms with Crippen LogP contribution in [0, 0.1) is 0 Å². The summed E-state index contributed by atoms with van der Waals surface area (Å²) in [6, 6.07) is 0. The number of carbonyl (C=O) groups excluding carboxylic acids is 2. The lowest BCUT2D eigenvalue weighted by Crippen LogP contribution is -2.27. The van der Waals surface area contributed by atoms with Gasteiger partial charge >= 0.3 is 13.8 Å². The standard InChI is InChI=1S/C51H92NO8P/c1-3-5-7-9-11-13-15-17-19-21-22-23-24-25-26-28-29-31-33-35-37-39-41-43-50(54)52-45-46-59-61(56,57)60-48-49(53)47-58-51(55)44-42-40-38-36-34-32-30-27-20-18-16-14-12-10-8-6-4-2/h12,14,17-20,30,32,36,38,49,53H,3-11,13,15-16,21-29,31,33-35,37,39-48H2,1-2H3,(H,52,54)(H,56,57)/b14-12-,19-17+,20-18-,32-30-,38-36-. The van der Waals surface area contributed by atoms with Crippen LogP contribution in [-0.4, -0.2) is 54.3 Å². The summed E-state index contributed by atoms with van der Waals surface area (Å²) in [7, 11) is -4.43. The molecule has 0 aliphatic heterocycles. The van der Waals surface area contributed by atoms with E-state index in [1.165, 1.54) is 141 Å². The highest BCUT2D eigenvalue weighted by Crippen LogP contribution is 2.42. The van der Waals surface area contributed by atoms with Crippen molar-refractivity contribution in [3.63, 3.8) is 0 Å². The molecule has 0 spiro atoms. The Bertz CT molecular complexity index is 1180. The molecule has 3 N–H and O–H groups in total. The Balaban J connectivity index is 3.61. The number of phosphoric ester groups is 1. The second-order valence-electron chi connectivity index (χ2n) is 16.4. The highest BCUT2D eigenvalue weighted by Gasteiger charge is 2.23. The molecule has 0 saturated carbocycles. The third-order valence-electron chi connectivity index (χ3n) is 10.4. The van der Waals surface area contributed by atoms with Crippen LogP contribution in [0.1, 0.15) is 219 Å². The van der Waals surface area contributed by atoms with Gasteiger partial charge in [0.05, 0.1) is 13.2 Å². The molecule has 0 saturated heterocycles. The smallest absolute Gasteiger partial charge is 0.463 e. The van der Waals surface area contributed by atoms with Crippen molar-refractivity contribution in [2.75, 3.05) is 26.4 Å². The molecule has 0 aromatic carbocycles. The maximum atomic E-state index is 12.1. The summed E-state index contributed by atoms with van der Waals surface area (Å²) in [6.45, 7) is 3.47. The first kappa shape index (κ1) is 58.7. The number of aliphatic hydroxyl groups is 1. The average Bonchev–Trinajstić information content (AvgIpc) is 3.25. The summed E-state index contributed by atoms with van der Waals surface area (Å²) in [6.07, 6.45) is 57.4. The molecule has 0 aliphatic carbocycles. The van der Waals surface area contributed by atoms with Crippen molar-refractivity contribution in [1.82, 2.24) is 5.32 Å². The van der Waals surface area contributed by atoms with Crippen LogP contribution < -0.4 is 5.32 Å². The molecule has 0 aliphatic rings. The number of rotatable bonds is 46. The maximum Gasteiger partial charge on any atom is 0.472 e. The molecule has 2 unspecified atom stereocenters. The van der Waals surface area contributed by atoms with E-state index in [0.717, 1.165) is 44.9 Å². The minimum atomic E-state index is -4.43. The van der Waals surface area contributed by atoms with Gasteiger partial charge in [0.25, 0.3) is 0 Å². The number of amides is 1. The topological polar surface area (TPSA) is 131 Å². The Morgan fingerprint density at radius 1 is 0.508 bits per heavy atom. The molecule has 61 heavy (non-hydrogen) atoms. The fraction of sp³-hybridized carbons (Fsp3) is 0.765. The van der Waals surface area contributed by atoms with Crippen molar-refractivity contribution < 1.29 is 37.9 Å².